The molecule has 0 aliphatic heterocycles. The number of carbonyl (C=O) groups excluding carboxylic acids is 3. The Kier molecular flexibility index (Phi) is 10.3. The van der Waals surface area contributed by atoms with Crippen molar-refractivity contribution in [3.63, 3.8) is 0 Å². The number of benzene rings is 1. The van der Waals surface area contributed by atoms with Crippen molar-refractivity contribution in [2.75, 3.05) is 5.75 Å². The zero-order valence-corrected chi connectivity index (χ0v) is 20.7. The number of aromatic amines is 1. The maximum absolute atomic E-state index is 13.2. The number of rotatable bonds is 13. The van der Waals surface area contributed by atoms with E-state index in [9.17, 15) is 34.2 Å². The molecule has 1 aromatic heterocycles. The summed E-state index contributed by atoms with van der Waals surface area (Å²) in [5.41, 5.74) is 7.23. The van der Waals surface area contributed by atoms with Crippen LogP contribution in [0.15, 0.2) is 30.5 Å². The number of nitrogens with two attached hydrogens (primary N) is 1. The Morgan fingerprint density at radius 3 is 2.17 bits per heavy atom. The Morgan fingerprint density at radius 2 is 1.58 bits per heavy atom. The molecule has 2 rings (SSSR count). The number of thiol groups is 1. The van der Waals surface area contributed by atoms with Gasteiger partial charge in [0, 0.05) is 29.3 Å². The fourth-order valence-electron chi connectivity index (χ4n) is 3.51. The Hall–Kier alpha value is -3.58. The van der Waals surface area contributed by atoms with Crippen molar-refractivity contribution in [2.24, 2.45) is 11.7 Å². The molecule has 36 heavy (non-hydrogen) atoms. The molecule has 2 aromatic rings. The summed E-state index contributed by atoms with van der Waals surface area (Å²) in [6.07, 6.45) is 0.884. The fraction of sp³-hybridized carbons (Fsp3) is 0.435. The first kappa shape index (κ1) is 28.7. The first-order valence-electron chi connectivity index (χ1n) is 11.2. The van der Waals surface area contributed by atoms with Crippen LogP contribution in [0, 0.1) is 5.92 Å². The Balaban J connectivity index is 2.30. The van der Waals surface area contributed by atoms with Crippen LogP contribution in [-0.2, 0) is 30.4 Å². The van der Waals surface area contributed by atoms with E-state index >= 15 is 0 Å². The SMILES string of the molecule is CC(C)C(NC(=O)C(CC(=O)O)NC(=O)C(Cc1c[nH]c2ccccc12)NC(=O)C(N)CS)C(=O)O. The number of amides is 3. The van der Waals surface area contributed by atoms with Crippen molar-refractivity contribution in [2.45, 2.75) is 50.9 Å². The average Bonchev–Trinajstić information content (AvgIpc) is 3.22. The number of para-hydroxylation sites is 1. The fourth-order valence-corrected chi connectivity index (χ4v) is 3.68. The van der Waals surface area contributed by atoms with Crippen LogP contribution >= 0.6 is 12.6 Å². The van der Waals surface area contributed by atoms with E-state index in [0.717, 1.165) is 10.9 Å². The summed E-state index contributed by atoms with van der Waals surface area (Å²) in [5.74, 6) is -5.64. The van der Waals surface area contributed by atoms with Gasteiger partial charge in [0.2, 0.25) is 17.7 Å². The number of carboxylic acids is 2. The number of H-pyrrole nitrogens is 1. The highest BCUT2D eigenvalue weighted by atomic mass is 32.1. The summed E-state index contributed by atoms with van der Waals surface area (Å²) in [7, 11) is 0. The van der Waals surface area contributed by atoms with E-state index in [1.165, 1.54) is 0 Å². The topological polar surface area (TPSA) is 204 Å². The first-order valence-corrected chi connectivity index (χ1v) is 11.8. The van der Waals surface area contributed by atoms with Crippen molar-refractivity contribution < 1.29 is 34.2 Å². The number of hydrogen-bond donors (Lipinski definition) is 8. The molecule has 0 aliphatic rings. The van der Waals surface area contributed by atoms with Gasteiger partial charge in [0.15, 0.2) is 0 Å². The lowest BCUT2D eigenvalue weighted by molar-refractivity contribution is -0.144. The summed E-state index contributed by atoms with van der Waals surface area (Å²) in [5, 5.41) is 26.6. The summed E-state index contributed by atoms with van der Waals surface area (Å²) in [6, 6.07) is 2.21. The smallest absolute Gasteiger partial charge is 0.326 e. The third kappa shape index (κ3) is 7.71. The Bertz CT molecular complexity index is 1120. The molecule has 196 valence electrons. The van der Waals surface area contributed by atoms with E-state index in [1.54, 1.807) is 20.0 Å². The number of carboxylic acid groups (broad SMARTS) is 2. The van der Waals surface area contributed by atoms with Crippen LogP contribution < -0.4 is 21.7 Å². The predicted molar refractivity (Wildman–Crippen MR) is 134 cm³/mol. The highest BCUT2D eigenvalue weighted by Gasteiger charge is 2.32. The molecule has 0 aliphatic carbocycles. The van der Waals surface area contributed by atoms with Gasteiger partial charge in [0.1, 0.15) is 18.1 Å². The molecule has 3 amide bonds. The van der Waals surface area contributed by atoms with Gasteiger partial charge < -0.3 is 36.9 Å². The van der Waals surface area contributed by atoms with Crippen molar-refractivity contribution in [1.29, 1.82) is 0 Å². The van der Waals surface area contributed by atoms with Crippen LogP contribution in [0.4, 0.5) is 0 Å². The van der Waals surface area contributed by atoms with Gasteiger partial charge in [-0.3, -0.25) is 19.2 Å². The number of hydrogen-bond acceptors (Lipinski definition) is 7. The van der Waals surface area contributed by atoms with Crippen LogP contribution in [0.1, 0.15) is 25.8 Å². The molecular formula is C23H31N5O7S. The van der Waals surface area contributed by atoms with E-state index in [1.807, 2.05) is 24.3 Å². The quantitative estimate of drug-likeness (QED) is 0.163. The van der Waals surface area contributed by atoms with Crippen molar-refractivity contribution in [3.8, 4) is 0 Å². The molecule has 8 N–H and O–H groups in total. The minimum atomic E-state index is -1.59. The molecule has 4 unspecified atom stereocenters. The normalized spacial score (nSPS) is 14.5. The molecule has 12 nitrogen and oxygen atoms in total. The van der Waals surface area contributed by atoms with Gasteiger partial charge in [-0.15, -0.1) is 0 Å². The number of nitrogens with one attached hydrogen (secondary N) is 4. The van der Waals surface area contributed by atoms with Gasteiger partial charge in [-0.1, -0.05) is 32.0 Å². The predicted octanol–water partition coefficient (Wildman–Crippen LogP) is -0.363. The highest BCUT2D eigenvalue weighted by Crippen LogP contribution is 2.19. The van der Waals surface area contributed by atoms with E-state index in [-0.39, 0.29) is 12.2 Å². The first-order chi connectivity index (χ1) is 16.9. The van der Waals surface area contributed by atoms with Crippen molar-refractivity contribution >= 4 is 53.2 Å². The molecule has 1 heterocycles. The lowest BCUT2D eigenvalue weighted by atomic mass is 10.0. The third-order valence-corrected chi connectivity index (χ3v) is 5.90. The van der Waals surface area contributed by atoms with E-state index in [2.05, 4.69) is 33.6 Å². The van der Waals surface area contributed by atoms with E-state index in [4.69, 9.17) is 5.73 Å². The molecule has 13 heteroatoms. The molecule has 0 radical (unpaired) electrons. The lowest BCUT2D eigenvalue weighted by Crippen LogP contribution is -2.58. The molecule has 0 spiro atoms. The highest BCUT2D eigenvalue weighted by molar-refractivity contribution is 7.80. The molecular weight excluding hydrogens is 490 g/mol. The van der Waals surface area contributed by atoms with E-state index < -0.39 is 66.2 Å². The minimum absolute atomic E-state index is 0.00599. The Morgan fingerprint density at radius 1 is 0.972 bits per heavy atom. The molecule has 0 saturated heterocycles. The largest absolute Gasteiger partial charge is 0.481 e. The van der Waals surface area contributed by atoms with Crippen LogP contribution in [0.25, 0.3) is 10.9 Å². The van der Waals surface area contributed by atoms with Gasteiger partial charge in [-0.2, -0.15) is 12.6 Å². The number of carbonyl (C=O) groups is 5. The van der Waals surface area contributed by atoms with Crippen LogP contribution in [0.2, 0.25) is 0 Å². The molecule has 1 aromatic carbocycles. The maximum atomic E-state index is 13.2. The lowest BCUT2D eigenvalue weighted by Gasteiger charge is -2.25. The number of fused-ring (bicyclic) bond motifs is 1. The summed E-state index contributed by atoms with van der Waals surface area (Å²) in [6.45, 7) is 3.14. The van der Waals surface area contributed by atoms with Crippen LogP contribution in [0.5, 0.6) is 0 Å². The van der Waals surface area contributed by atoms with Crippen LogP contribution in [0.3, 0.4) is 0 Å². The third-order valence-electron chi connectivity index (χ3n) is 5.51. The average molecular weight is 522 g/mol. The van der Waals surface area contributed by atoms with Gasteiger partial charge in [-0.25, -0.2) is 4.79 Å². The van der Waals surface area contributed by atoms with Gasteiger partial charge in [-0.05, 0) is 17.5 Å². The Labute approximate surface area is 212 Å². The second-order valence-corrected chi connectivity index (χ2v) is 9.01. The number of aromatic nitrogens is 1. The summed E-state index contributed by atoms with van der Waals surface area (Å²) >= 11 is 3.99. The van der Waals surface area contributed by atoms with Gasteiger partial charge in [0.05, 0.1) is 12.5 Å². The van der Waals surface area contributed by atoms with Crippen molar-refractivity contribution in [3.05, 3.63) is 36.0 Å². The second-order valence-electron chi connectivity index (χ2n) is 8.64. The van der Waals surface area contributed by atoms with Gasteiger partial charge >= 0.3 is 11.9 Å². The van der Waals surface area contributed by atoms with Gasteiger partial charge in [0.25, 0.3) is 0 Å². The zero-order valence-electron chi connectivity index (χ0n) is 19.9. The molecule has 0 fully saturated rings. The molecule has 4 atom stereocenters. The second kappa shape index (κ2) is 12.9. The summed E-state index contributed by atoms with van der Waals surface area (Å²) < 4.78 is 0. The van der Waals surface area contributed by atoms with E-state index in [0.29, 0.717) is 5.56 Å². The minimum Gasteiger partial charge on any atom is -0.481 e. The van der Waals surface area contributed by atoms with Crippen LogP contribution in [-0.4, -0.2) is 74.8 Å². The monoisotopic (exact) mass is 521 g/mol. The standard InChI is InChI=1S/C23H31N5O7S/c1-11(2)19(23(34)35)28-22(33)17(8-18(29)30)27-21(32)16(26-20(31)14(24)10-36)7-12-9-25-15-6-4-3-5-13(12)15/h3-6,9,11,14,16-17,19,25,36H,7-8,10,24H2,1-2H3,(H,26,31)(H,27,32)(H,28,33)(H,29,30)(H,34,35). The molecule has 0 bridgehead atoms. The summed E-state index contributed by atoms with van der Waals surface area (Å²) in [4.78, 5) is 64.3. The zero-order chi connectivity index (χ0) is 27.0. The maximum Gasteiger partial charge on any atom is 0.326 e. The van der Waals surface area contributed by atoms with Crippen molar-refractivity contribution in [1.82, 2.24) is 20.9 Å². The molecule has 0 saturated carbocycles. The number of aliphatic carboxylic acids is 2.